The molecule has 0 saturated carbocycles. The predicted octanol–water partition coefficient (Wildman–Crippen LogP) is 1.10. The van der Waals surface area contributed by atoms with Gasteiger partial charge in [0, 0.05) is 32.1 Å². The normalized spacial score (nSPS) is 18.6. The van der Waals surface area contributed by atoms with E-state index < -0.39 is 25.6 Å². The molecule has 34 heavy (non-hydrogen) atoms. The van der Waals surface area contributed by atoms with Crippen LogP contribution < -0.4 is 24.6 Å². The summed E-state index contributed by atoms with van der Waals surface area (Å²) in [6.07, 6.45) is -2.02. The second-order valence-corrected chi connectivity index (χ2v) is 7.80. The molecule has 4 heterocycles. The molecule has 2 aromatic heterocycles. The van der Waals surface area contributed by atoms with Crippen molar-refractivity contribution in [2.45, 2.75) is 18.7 Å². The van der Waals surface area contributed by atoms with Crippen molar-refractivity contribution >= 4 is 23.3 Å². The maximum absolute atomic E-state index is 12.8. The van der Waals surface area contributed by atoms with E-state index in [0.29, 0.717) is 37.6 Å². The highest BCUT2D eigenvalue weighted by Crippen LogP contribution is 2.28. The molecule has 2 amide bonds. The number of ether oxygens (including phenoxy) is 2. The first-order valence-electron chi connectivity index (χ1n) is 10.5. The maximum Gasteiger partial charge on any atom is 0.422 e. The third-order valence-electron chi connectivity index (χ3n) is 5.40. The lowest BCUT2D eigenvalue weighted by molar-refractivity contribution is -0.154. The van der Waals surface area contributed by atoms with Crippen molar-refractivity contribution in [3.63, 3.8) is 0 Å². The molecule has 4 rings (SSSR count). The number of carbonyl (C=O) groups excluding carboxylic acids is 2. The molecule has 10 nitrogen and oxygen atoms in total. The van der Waals surface area contributed by atoms with E-state index >= 15 is 0 Å². The van der Waals surface area contributed by atoms with E-state index in [1.807, 2.05) is 4.90 Å². The molecule has 1 atom stereocenters. The Morgan fingerprint density at radius 1 is 1.18 bits per heavy atom. The Morgan fingerprint density at radius 2 is 1.97 bits per heavy atom. The molecule has 0 unspecified atom stereocenters. The molecule has 0 bridgehead atoms. The van der Waals surface area contributed by atoms with Gasteiger partial charge >= 0.3 is 6.18 Å². The van der Waals surface area contributed by atoms with Crippen LogP contribution in [0, 0.1) is 5.92 Å². The standard InChI is InChI=1S/C21H22F3N5O5/c22-21(23,24)11-33-18-4-2-15(8-26-18)34-16-5-6-29(20(16)32)14-1-3-17(25-7-14)28-9-13(10-28)19(31)27-12-30/h1-4,7-8,13,16,30H,5-6,9-12H2,(H,27,31)/t16-/m1/s1. The Labute approximate surface area is 192 Å². The van der Waals surface area contributed by atoms with Gasteiger partial charge in [0.05, 0.1) is 24.0 Å². The minimum atomic E-state index is -4.46. The van der Waals surface area contributed by atoms with Crippen LogP contribution in [0.25, 0.3) is 0 Å². The van der Waals surface area contributed by atoms with Gasteiger partial charge in [-0.3, -0.25) is 9.59 Å². The maximum atomic E-state index is 12.8. The van der Waals surface area contributed by atoms with Gasteiger partial charge < -0.3 is 29.7 Å². The zero-order valence-corrected chi connectivity index (χ0v) is 17.9. The average molecular weight is 481 g/mol. The highest BCUT2D eigenvalue weighted by Gasteiger charge is 2.36. The van der Waals surface area contributed by atoms with Crippen LogP contribution in [0.4, 0.5) is 24.7 Å². The summed E-state index contributed by atoms with van der Waals surface area (Å²) in [7, 11) is 0. The van der Waals surface area contributed by atoms with E-state index in [2.05, 4.69) is 20.0 Å². The summed E-state index contributed by atoms with van der Waals surface area (Å²) in [5.41, 5.74) is 0.601. The largest absolute Gasteiger partial charge is 0.479 e. The van der Waals surface area contributed by atoms with E-state index in [4.69, 9.17) is 9.84 Å². The molecule has 182 valence electrons. The molecule has 2 N–H and O–H groups in total. The van der Waals surface area contributed by atoms with E-state index in [0.717, 1.165) is 0 Å². The van der Waals surface area contributed by atoms with E-state index in [1.165, 1.54) is 18.3 Å². The molecule has 2 aliphatic rings. The van der Waals surface area contributed by atoms with Gasteiger partial charge in [-0.1, -0.05) is 0 Å². The fraction of sp³-hybridized carbons (Fsp3) is 0.429. The van der Waals surface area contributed by atoms with Crippen molar-refractivity contribution in [2.75, 3.05) is 42.8 Å². The Bertz CT molecular complexity index is 1010. The van der Waals surface area contributed by atoms with Crippen LogP contribution >= 0.6 is 0 Å². The van der Waals surface area contributed by atoms with Gasteiger partial charge in [-0.15, -0.1) is 0 Å². The third-order valence-corrected chi connectivity index (χ3v) is 5.40. The van der Waals surface area contributed by atoms with Gasteiger partial charge in [-0.2, -0.15) is 13.2 Å². The highest BCUT2D eigenvalue weighted by molar-refractivity contribution is 5.99. The van der Waals surface area contributed by atoms with Crippen molar-refractivity contribution in [3.05, 3.63) is 36.7 Å². The van der Waals surface area contributed by atoms with Crippen LogP contribution in [0.2, 0.25) is 0 Å². The predicted molar refractivity (Wildman–Crippen MR) is 112 cm³/mol. The van der Waals surface area contributed by atoms with Crippen LogP contribution in [0.3, 0.4) is 0 Å². The van der Waals surface area contributed by atoms with Crippen molar-refractivity contribution in [3.8, 4) is 11.6 Å². The molecule has 0 spiro atoms. The smallest absolute Gasteiger partial charge is 0.422 e. The number of rotatable bonds is 8. The number of hydrogen-bond acceptors (Lipinski definition) is 8. The topological polar surface area (TPSA) is 117 Å². The Kier molecular flexibility index (Phi) is 6.72. The van der Waals surface area contributed by atoms with Crippen LogP contribution in [0.5, 0.6) is 11.6 Å². The van der Waals surface area contributed by atoms with Gasteiger partial charge in [0.2, 0.25) is 11.8 Å². The second kappa shape index (κ2) is 9.71. The minimum Gasteiger partial charge on any atom is -0.479 e. The van der Waals surface area contributed by atoms with Gasteiger partial charge in [-0.05, 0) is 18.2 Å². The summed E-state index contributed by atoms with van der Waals surface area (Å²) in [5.74, 6) is 0.0457. The fourth-order valence-corrected chi connectivity index (χ4v) is 3.64. The van der Waals surface area contributed by atoms with Crippen LogP contribution in [0.1, 0.15) is 6.42 Å². The lowest BCUT2D eigenvalue weighted by Crippen LogP contribution is -2.54. The summed E-state index contributed by atoms with van der Waals surface area (Å²) in [5, 5.41) is 11.1. The van der Waals surface area contributed by atoms with Gasteiger partial charge in [-0.25, -0.2) is 9.97 Å². The van der Waals surface area contributed by atoms with Gasteiger partial charge in [0.25, 0.3) is 5.91 Å². The molecular weight excluding hydrogens is 459 g/mol. The van der Waals surface area contributed by atoms with E-state index in [1.54, 1.807) is 23.2 Å². The molecule has 13 heteroatoms. The number of halogens is 3. The van der Waals surface area contributed by atoms with Gasteiger partial charge in [0.15, 0.2) is 12.7 Å². The molecule has 0 aliphatic carbocycles. The second-order valence-electron chi connectivity index (χ2n) is 7.80. The monoisotopic (exact) mass is 481 g/mol. The third kappa shape index (κ3) is 5.47. The number of nitrogens with one attached hydrogen (secondary N) is 1. The summed E-state index contributed by atoms with van der Waals surface area (Å²) in [4.78, 5) is 36.1. The van der Waals surface area contributed by atoms with Crippen molar-refractivity contribution in [1.82, 2.24) is 15.3 Å². The lowest BCUT2D eigenvalue weighted by atomic mass is 9.99. The number of aliphatic hydroxyl groups excluding tert-OH is 1. The average Bonchev–Trinajstić information content (AvgIpc) is 3.12. The molecule has 0 aromatic carbocycles. The number of nitrogens with zero attached hydrogens (tertiary/aromatic N) is 4. The Morgan fingerprint density at radius 3 is 2.59 bits per heavy atom. The quantitative estimate of drug-likeness (QED) is 0.539. The molecule has 2 fully saturated rings. The molecule has 2 aromatic rings. The number of alkyl halides is 3. The van der Waals surface area contributed by atoms with Crippen LogP contribution in [0.15, 0.2) is 36.7 Å². The number of pyridine rings is 2. The van der Waals surface area contributed by atoms with Crippen LogP contribution in [-0.4, -0.2) is 72.1 Å². The molecule has 2 aliphatic heterocycles. The highest BCUT2D eigenvalue weighted by atomic mass is 19.4. The van der Waals surface area contributed by atoms with Crippen molar-refractivity contribution < 1.29 is 37.3 Å². The lowest BCUT2D eigenvalue weighted by Gasteiger charge is -2.39. The number of aliphatic hydroxyl groups is 1. The summed E-state index contributed by atoms with van der Waals surface area (Å²) >= 11 is 0. The number of anilines is 2. The van der Waals surface area contributed by atoms with Gasteiger partial charge in [0.1, 0.15) is 18.3 Å². The number of carbonyl (C=O) groups is 2. The van der Waals surface area contributed by atoms with Crippen LogP contribution in [-0.2, 0) is 9.59 Å². The number of hydrogen-bond donors (Lipinski definition) is 2. The van der Waals surface area contributed by atoms with Crippen molar-refractivity contribution in [2.24, 2.45) is 5.92 Å². The Balaban J connectivity index is 1.29. The summed E-state index contributed by atoms with van der Waals surface area (Å²) < 4.78 is 46.9. The van der Waals surface area contributed by atoms with E-state index in [-0.39, 0.29) is 29.4 Å². The zero-order chi connectivity index (χ0) is 24.3. The molecule has 2 saturated heterocycles. The first-order chi connectivity index (χ1) is 16.2. The summed E-state index contributed by atoms with van der Waals surface area (Å²) in [6.45, 7) is -0.441. The first-order valence-corrected chi connectivity index (χ1v) is 10.5. The van der Waals surface area contributed by atoms with E-state index in [9.17, 15) is 22.8 Å². The Hall–Kier alpha value is -3.61. The number of aromatic nitrogens is 2. The molecule has 0 radical (unpaired) electrons. The number of amides is 2. The van der Waals surface area contributed by atoms with Crippen molar-refractivity contribution in [1.29, 1.82) is 0 Å². The molecular formula is C21H22F3N5O5. The zero-order valence-electron chi connectivity index (χ0n) is 17.9. The SMILES string of the molecule is O=C(NCO)C1CN(c2ccc(N3CC[C@@H](Oc4ccc(OCC(F)(F)F)nc4)C3=O)cn2)C1. The minimum absolute atomic E-state index is 0.197. The first kappa shape index (κ1) is 23.5. The summed E-state index contributed by atoms with van der Waals surface area (Å²) in [6, 6.07) is 6.17. The fourth-order valence-electron chi connectivity index (χ4n) is 3.64.